The van der Waals surface area contributed by atoms with Crippen LogP contribution in [0.3, 0.4) is 0 Å². The summed E-state index contributed by atoms with van der Waals surface area (Å²) >= 11 is 0. The van der Waals surface area contributed by atoms with Crippen LogP contribution in [0.25, 0.3) is 33.4 Å². The first-order valence-corrected chi connectivity index (χ1v) is 19.6. The zero-order valence-corrected chi connectivity index (χ0v) is 33.4. The van der Waals surface area contributed by atoms with Gasteiger partial charge < -0.3 is 0 Å². The molecule has 0 atom stereocenters. The zero-order chi connectivity index (χ0) is 36.0. The van der Waals surface area contributed by atoms with Crippen LogP contribution in [0, 0.1) is 17.8 Å². The van der Waals surface area contributed by atoms with Crippen molar-refractivity contribution in [2.45, 2.75) is 149 Å². The van der Waals surface area contributed by atoms with Crippen LogP contribution in [0.1, 0.15) is 149 Å². The van der Waals surface area contributed by atoms with E-state index in [-0.39, 0.29) is 27.1 Å². The first-order valence-electron chi connectivity index (χ1n) is 19.6. The van der Waals surface area contributed by atoms with Gasteiger partial charge in [0.05, 0.1) is 0 Å². The summed E-state index contributed by atoms with van der Waals surface area (Å²) in [5.74, 6) is 2.67. The van der Waals surface area contributed by atoms with Crippen LogP contribution in [0.5, 0.6) is 0 Å². The van der Waals surface area contributed by atoms with Gasteiger partial charge in [0.25, 0.3) is 0 Å². The van der Waals surface area contributed by atoms with Crippen molar-refractivity contribution in [2.75, 3.05) is 0 Å². The van der Waals surface area contributed by atoms with E-state index in [9.17, 15) is 0 Å². The Labute approximate surface area is 304 Å². The Bertz CT molecular complexity index is 1700. The van der Waals surface area contributed by atoms with Gasteiger partial charge >= 0.3 is 0 Å². The average Bonchev–Trinajstić information content (AvgIpc) is 3.02. The smallest absolute Gasteiger partial charge is 0.0346 e. The van der Waals surface area contributed by atoms with Crippen molar-refractivity contribution in [1.29, 1.82) is 0 Å². The van der Waals surface area contributed by atoms with Crippen molar-refractivity contribution in [1.82, 2.24) is 4.98 Å². The molecule has 0 radical (unpaired) electrons. The van der Waals surface area contributed by atoms with Crippen LogP contribution >= 0.6 is 0 Å². The van der Waals surface area contributed by atoms with Crippen LogP contribution in [-0.4, -0.2) is 4.98 Å². The quantitative estimate of drug-likeness (QED) is 0.211. The second-order valence-electron chi connectivity index (χ2n) is 21.0. The van der Waals surface area contributed by atoms with Crippen molar-refractivity contribution < 1.29 is 0 Å². The summed E-state index contributed by atoms with van der Waals surface area (Å²) in [6.07, 6.45) is 12.5. The Balaban J connectivity index is 1.61. The highest BCUT2D eigenvalue weighted by atomic mass is 14.6. The molecule has 0 aliphatic heterocycles. The molecule has 0 saturated heterocycles. The molecule has 4 aliphatic rings. The fourth-order valence-electron chi connectivity index (χ4n) is 9.99. The highest BCUT2D eigenvalue weighted by molar-refractivity contribution is 5.95. The summed E-state index contributed by atoms with van der Waals surface area (Å²) in [6, 6.07) is 24.8. The molecule has 4 aliphatic carbocycles. The molecule has 8 rings (SSSR count). The van der Waals surface area contributed by atoms with Crippen molar-refractivity contribution in [3.8, 4) is 33.4 Å². The monoisotopic (exact) mass is 665 g/mol. The van der Waals surface area contributed by atoms with Gasteiger partial charge in [-0.2, -0.15) is 0 Å². The molecule has 3 aromatic carbocycles. The fraction of sp³-hybridized carbons (Fsp3) is 0.531. The lowest BCUT2D eigenvalue weighted by atomic mass is 9.48. The predicted molar refractivity (Wildman–Crippen MR) is 215 cm³/mol. The molecule has 4 fully saturated rings. The standard InChI is InChI=1S/C49H63N/c1-45(2,3)37-19-35(20-38(23-37)46(4,5)6)42-25-41(49-27-31-16-32(28-49)18-33(17-31)29-49)26-43(44(42)34-14-13-15-50-30-34)36-21-39(47(7,8)9)24-40(22-36)48(10,11)12/h13-15,19-26,30-33H,16-18,27-29H2,1-12H3. The average molecular weight is 666 g/mol. The summed E-state index contributed by atoms with van der Waals surface area (Å²) in [6.45, 7) is 28.4. The van der Waals surface area contributed by atoms with Crippen LogP contribution in [0.2, 0.25) is 0 Å². The molecule has 50 heavy (non-hydrogen) atoms. The topological polar surface area (TPSA) is 12.9 Å². The number of pyridine rings is 1. The Hall–Kier alpha value is -3.19. The molecule has 4 bridgehead atoms. The Kier molecular flexibility index (Phi) is 8.40. The summed E-state index contributed by atoms with van der Waals surface area (Å²) in [4.78, 5) is 4.73. The van der Waals surface area contributed by atoms with Gasteiger partial charge in [-0.1, -0.05) is 126 Å². The second-order valence-corrected chi connectivity index (χ2v) is 21.0. The van der Waals surface area contributed by atoms with Gasteiger partial charge in [0.1, 0.15) is 0 Å². The normalized spacial score (nSPS) is 23.8. The molecule has 0 N–H and O–H groups in total. The van der Waals surface area contributed by atoms with Gasteiger partial charge in [-0.15, -0.1) is 0 Å². The van der Waals surface area contributed by atoms with Crippen LogP contribution in [0.15, 0.2) is 73.1 Å². The van der Waals surface area contributed by atoms with Gasteiger partial charge in [-0.3, -0.25) is 4.98 Å². The lowest BCUT2D eigenvalue weighted by molar-refractivity contribution is -0.00514. The van der Waals surface area contributed by atoms with E-state index in [1.165, 1.54) is 94.2 Å². The van der Waals surface area contributed by atoms with Crippen LogP contribution in [0.4, 0.5) is 0 Å². The maximum absolute atomic E-state index is 4.73. The Morgan fingerprint density at radius 3 is 1.20 bits per heavy atom. The SMILES string of the molecule is CC(C)(C)c1cc(-c2cc(C34CC5CC(CC(C5)C3)C4)cc(-c3cc(C(C)(C)C)cc(C(C)(C)C)c3)c2-c2cccnc2)cc(C(C)(C)C)c1. The maximum atomic E-state index is 4.73. The number of hydrogen-bond donors (Lipinski definition) is 0. The lowest BCUT2D eigenvalue weighted by Crippen LogP contribution is -2.48. The first kappa shape index (κ1) is 35.2. The van der Waals surface area contributed by atoms with Gasteiger partial charge in [0.15, 0.2) is 0 Å². The third-order valence-corrected chi connectivity index (χ3v) is 12.7. The van der Waals surface area contributed by atoms with Gasteiger partial charge in [-0.25, -0.2) is 0 Å². The number of benzene rings is 3. The largest absolute Gasteiger partial charge is 0.264 e. The molecule has 0 spiro atoms. The second kappa shape index (κ2) is 11.9. The minimum Gasteiger partial charge on any atom is -0.264 e. The van der Waals surface area contributed by atoms with E-state index in [2.05, 4.69) is 150 Å². The van der Waals surface area contributed by atoms with E-state index in [1.807, 2.05) is 6.20 Å². The molecule has 0 unspecified atom stereocenters. The van der Waals surface area contributed by atoms with Gasteiger partial charge in [0.2, 0.25) is 0 Å². The minimum atomic E-state index is 0.0352. The molecule has 4 aromatic rings. The summed E-state index contributed by atoms with van der Waals surface area (Å²) in [7, 11) is 0. The highest BCUT2D eigenvalue weighted by Gasteiger charge is 2.52. The van der Waals surface area contributed by atoms with Crippen molar-refractivity contribution in [3.63, 3.8) is 0 Å². The van der Waals surface area contributed by atoms with E-state index in [0.717, 1.165) is 17.8 Å². The zero-order valence-electron chi connectivity index (χ0n) is 33.4. The molecule has 1 nitrogen and oxygen atoms in total. The van der Waals surface area contributed by atoms with E-state index in [0.29, 0.717) is 0 Å². The van der Waals surface area contributed by atoms with Gasteiger partial charge in [0, 0.05) is 18.0 Å². The molecule has 1 heterocycles. The Morgan fingerprint density at radius 2 is 0.880 bits per heavy atom. The first-order chi connectivity index (χ1) is 23.2. The van der Waals surface area contributed by atoms with E-state index < -0.39 is 0 Å². The van der Waals surface area contributed by atoms with E-state index in [4.69, 9.17) is 4.98 Å². The van der Waals surface area contributed by atoms with E-state index in [1.54, 1.807) is 5.56 Å². The van der Waals surface area contributed by atoms with Gasteiger partial charge in [-0.05, 0) is 157 Å². The maximum Gasteiger partial charge on any atom is 0.0346 e. The summed E-state index contributed by atoms with van der Waals surface area (Å²) in [5.41, 5.74) is 15.6. The lowest BCUT2D eigenvalue weighted by Gasteiger charge is -2.57. The molecule has 4 saturated carbocycles. The molecule has 264 valence electrons. The van der Waals surface area contributed by atoms with Crippen molar-refractivity contribution in [2.24, 2.45) is 17.8 Å². The van der Waals surface area contributed by atoms with Crippen molar-refractivity contribution >= 4 is 0 Å². The van der Waals surface area contributed by atoms with Crippen LogP contribution in [-0.2, 0) is 27.1 Å². The molecule has 1 heteroatoms. The number of rotatable bonds is 4. The van der Waals surface area contributed by atoms with Crippen LogP contribution < -0.4 is 0 Å². The highest BCUT2D eigenvalue weighted by Crippen LogP contribution is 2.62. The van der Waals surface area contributed by atoms with Crippen molar-refractivity contribution in [3.05, 3.63) is 101 Å². The Morgan fingerprint density at radius 1 is 0.500 bits per heavy atom. The molecule has 1 aromatic heterocycles. The number of hydrogen-bond acceptors (Lipinski definition) is 1. The fourth-order valence-corrected chi connectivity index (χ4v) is 9.99. The minimum absolute atomic E-state index is 0.0352. The predicted octanol–water partition coefficient (Wildman–Crippen LogP) is 13.7. The molecule has 0 amide bonds. The summed E-state index contributed by atoms with van der Waals surface area (Å²) < 4.78 is 0. The molecular weight excluding hydrogens is 603 g/mol. The third kappa shape index (κ3) is 6.64. The van der Waals surface area contributed by atoms with E-state index >= 15 is 0 Å². The number of nitrogens with zero attached hydrogens (tertiary/aromatic N) is 1. The third-order valence-electron chi connectivity index (χ3n) is 12.7. The summed E-state index contributed by atoms with van der Waals surface area (Å²) in [5, 5.41) is 0. The molecular formula is C49H63N. The number of aromatic nitrogens is 1.